The van der Waals surface area contributed by atoms with Crippen LogP contribution in [0.15, 0.2) is 60.7 Å². The fourth-order valence-corrected chi connectivity index (χ4v) is 4.91. The minimum atomic E-state index is -2.23. The molecule has 5 rings (SSSR count). The number of nitrogens with zero attached hydrogens (tertiary/aromatic N) is 4. The van der Waals surface area contributed by atoms with Crippen LogP contribution < -0.4 is 19.6 Å². The molecule has 0 bridgehead atoms. The Kier molecular flexibility index (Phi) is 3.50. The first-order chi connectivity index (χ1) is 15.6. The summed E-state index contributed by atoms with van der Waals surface area (Å²) in [5, 5.41) is 0. The van der Waals surface area contributed by atoms with E-state index in [1.54, 1.807) is 4.90 Å². The third-order valence-corrected chi connectivity index (χ3v) is 6.62. The van der Waals surface area contributed by atoms with Gasteiger partial charge in [0.2, 0.25) is 0 Å². The van der Waals surface area contributed by atoms with Crippen molar-refractivity contribution in [3.63, 3.8) is 0 Å². The van der Waals surface area contributed by atoms with Crippen LogP contribution in [0.3, 0.4) is 0 Å². The molecule has 0 radical (unpaired) electrons. The van der Waals surface area contributed by atoms with Crippen molar-refractivity contribution < 1.29 is 4.11 Å². The number of benzene rings is 3. The summed E-state index contributed by atoms with van der Waals surface area (Å²) in [5.41, 5.74) is 8.52. The predicted molar refractivity (Wildman–Crippen MR) is 129 cm³/mol. The molecular weight excluding hydrogens is 368 g/mol. The number of fused-ring (bicyclic) bond motifs is 2. The first-order valence-corrected chi connectivity index (χ1v) is 10.5. The highest BCUT2D eigenvalue weighted by molar-refractivity contribution is 5.89. The molecule has 0 saturated carbocycles. The molecule has 0 aliphatic carbocycles. The molecule has 4 heteroatoms. The molecule has 3 aromatic carbocycles. The lowest BCUT2D eigenvalue weighted by Gasteiger charge is -2.33. The van der Waals surface area contributed by atoms with Gasteiger partial charge in [0.05, 0.1) is 22.7 Å². The Bertz CT molecular complexity index is 1220. The first kappa shape index (κ1) is 15.7. The Morgan fingerprint density at radius 2 is 1.10 bits per heavy atom. The van der Waals surface area contributed by atoms with E-state index in [0.29, 0.717) is 0 Å². The topological polar surface area (TPSA) is 13.0 Å². The van der Waals surface area contributed by atoms with Crippen molar-refractivity contribution in [3.8, 4) is 0 Å². The maximum absolute atomic E-state index is 8.17. The highest BCUT2D eigenvalue weighted by Crippen LogP contribution is 2.49. The Morgan fingerprint density at radius 1 is 0.667 bits per heavy atom. The van der Waals surface area contributed by atoms with Crippen LogP contribution in [0.2, 0.25) is 0 Å². The Balaban J connectivity index is 1.68. The zero-order valence-electron chi connectivity index (χ0n) is 21.2. The van der Waals surface area contributed by atoms with Crippen LogP contribution >= 0.6 is 0 Å². The lowest BCUT2D eigenvalue weighted by molar-refractivity contribution is 0.724. The third kappa shape index (κ3) is 2.53. The van der Waals surface area contributed by atoms with E-state index in [2.05, 4.69) is 78.9 Å². The molecule has 4 nitrogen and oxygen atoms in total. The van der Waals surface area contributed by atoms with E-state index in [4.69, 9.17) is 4.11 Å². The number of para-hydroxylation sites is 4. The number of hydrogen-bond acceptors (Lipinski definition) is 4. The summed E-state index contributed by atoms with van der Waals surface area (Å²) in [5.74, 6) is 0. The Hall–Kier alpha value is -3.14. The van der Waals surface area contributed by atoms with E-state index in [9.17, 15) is 0 Å². The van der Waals surface area contributed by atoms with Crippen molar-refractivity contribution in [2.24, 2.45) is 0 Å². The summed E-state index contributed by atoms with van der Waals surface area (Å²) in [6.07, 6.45) is -0.174. The highest BCUT2D eigenvalue weighted by atomic mass is 15.4. The second-order valence-electron chi connectivity index (χ2n) is 8.39. The summed E-state index contributed by atoms with van der Waals surface area (Å²) in [6.45, 7) is 6.21. The lowest BCUT2D eigenvalue weighted by Crippen LogP contribution is -2.37. The molecular formula is C26H30N4. The van der Waals surface area contributed by atoms with Gasteiger partial charge in [-0.05, 0) is 75.2 Å². The van der Waals surface area contributed by atoms with Gasteiger partial charge in [-0.2, -0.15) is 0 Å². The average molecular weight is 402 g/mol. The van der Waals surface area contributed by atoms with Gasteiger partial charge in [-0.3, -0.25) is 0 Å². The third-order valence-electron chi connectivity index (χ3n) is 6.62. The van der Waals surface area contributed by atoms with Gasteiger partial charge in [0, 0.05) is 29.5 Å². The van der Waals surface area contributed by atoms with Crippen molar-refractivity contribution in [1.29, 1.82) is 0 Å². The number of anilines is 6. The molecule has 2 heterocycles. The van der Waals surface area contributed by atoms with Crippen LogP contribution in [0.1, 0.15) is 29.1 Å². The van der Waals surface area contributed by atoms with Crippen molar-refractivity contribution in [3.05, 3.63) is 71.8 Å². The van der Waals surface area contributed by atoms with Gasteiger partial charge in [-0.15, -0.1) is 0 Å². The van der Waals surface area contributed by atoms with Crippen molar-refractivity contribution in [2.45, 2.75) is 40.0 Å². The van der Waals surface area contributed by atoms with Gasteiger partial charge in [0.1, 0.15) is 12.3 Å². The van der Waals surface area contributed by atoms with E-state index in [1.807, 2.05) is 31.2 Å². The normalized spacial score (nSPS) is 22.0. The van der Waals surface area contributed by atoms with Gasteiger partial charge >= 0.3 is 0 Å². The number of hydrogen-bond donors (Lipinski definition) is 0. The molecule has 2 atom stereocenters. The summed E-state index contributed by atoms with van der Waals surface area (Å²) in [6, 6.07) is 20.7. The molecule has 0 spiro atoms. The second-order valence-corrected chi connectivity index (χ2v) is 8.39. The first-order valence-electron chi connectivity index (χ1n) is 12.0. The van der Waals surface area contributed by atoms with E-state index in [-0.39, 0.29) is 12.3 Å². The molecule has 0 unspecified atom stereocenters. The Labute approximate surface area is 184 Å². The van der Waals surface area contributed by atoms with Gasteiger partial charge in [-0.25, -0.2) is 0 Å². The molecule has 0 N–H and O–H groups in total. The smallest absolute Gasteiger partial charge is 0.103 e. The van der Waals surface area contributed by atoms with Crippen molar-refractivity contribution in [2.75, 3.05) is 33.6 Å². The van der Waals surface area contributed by atoms with E-state index in [0.717, 1.165) is 33.9 Å². The molecule has 0 saturated heterocycles. The molecule has 0 amide bonds. The summed E-state index contributed by atoms with van der Waals surface area (Å²) in [7, 11) is 2.13. The van der Waals surface area contributed by atoms with E-state index < -0.39 is 6.98 Å². The van der Waals surface area contributed by atoms with Gasteiger partial charge in [0.25, 0.3) is 0 Å². The zero-order chi connectivity index (χ0) is 23.7. The fraction of sp³-hybridized carbons (Fsp3) is 0.308. The van der Waals surface area contributed by atoms with Crippen LogP contribution in [0.4, 0.5) is 34.1 Å². The molecule has 30 heavy (non-hydrogen) atoms. The average Bonchev–Trinajstić information content (AvgIpc) is 3.20. The van der Waals surface area contributed by atoms with Crippen molar-refractivity contribution in [1.82, 2.24) is 0 Å². The minimum absolute atomic E-state index is 0.165. The van der Waals surface area contributed by atoms with E-state index in [1.165, 1.54) is 11.4 Å². The SMILES string of the molecule is [2H]C([2H])([2H])N1c2ccccc2N(c2cc(C)cc(N3c4ccccc4N(C)[C@@H]3C)c2C)[C@@H]1C. The minimum Gasteiger partial charge on any atom is -0.353 e. The van der Waals surface area contributed by atoms with E-state index >= 15 is 0 Å². The standard InChI is InChI=1S/C26H30N4/c1-17-15-25(29-19(3)27(5)21-11-7-9-13-23(21)29)18(2)26(16-17)30-20(4)28(6)22-12-8-10-14-24(22)30/h7-16,19-20H,1-6H3/t19-,20+/i5D3/m1/s1. The largest absolute Gasteiger partial charge is 0.353 e. The zero-order valence-corrected chi connectivity index (χ0v) is 18.2. The fourth-order valence-electron chi connectivity index (χ4n) is 4.91. The van der Waals surface area contributed by atoms with Crippen LogP contribution in [0.25, 0.3) is 0 Å². The molecule has 154 valence electrons. The summed E-state index contributed by atoms with van der Waals surface area (Å²) in [4.78, 5) is 8.39. The molecule has 2 aliphatic heterocycles. The lowest BCUT2D eigenvalue weighted by atomic mass is 10.0. The maximum atomic E-state index is 8.17. The predicted octanol–water partition coefficient (Wildman–Crippen LogP) is 6.17. The van der Waals surface area contributed by atoms with Gasteiger partial charge in [0.15, 0.2) is 0 Å². The van der Waals surface area contributed by atoms with Crippen LogP contribution in [-0.4, -0.2) is 26.4 Å². The second kappa shape index (κ2) is 6.69. The monoisotopic (exact) mass is 401 g/mol. The summed E-state index contributed by atoms with van der Waals surface area (Å²) < 4.78 is 24.5. The summed E-state index contributed by atoms with van der Waals surface area (Å²) >= 11 is 0. The Morgan fingerprint density at radius 3 is 1.60 bits per heavy atom. The quantitative estimate of drug-likeness (QED) is 0.509. The van der Waals surface area contributed by atoms with Crippen LogP contribution in [0, 0.1) is 13.8 Å². The van der Waals surface area contributed by atoms with Crippen LogP contribution in [-0.2, 0) is 0 Å². The van der Waals surface area contributed by atoms with Crippen molar-refractivity contribution >= 4 is 34.1 Å². The van der Waals surface area contributed by atoms with Gasteiger partial charge in [-0.1, -0.05) is 24.3 Å². The number of aryl methyl sites for hydroxylation is 1. The highest BCUT2D eigenvalue weighted by Gasteiger charge is 2.35. The maximum Gasteiger partial charge on any atom is 0.103 e. The molecule has 0 aromatic heterocycles. The number of rotatable bonds is 2. The van der Waals surface area contributed by atoms with Crippen LogP contribution in [0.5, 0.6) is 0 Å². The molecule has 0 fully saturated rings. The van der Waals surface area contributed by atoms with Gasteiger partial charge < -0.3 is 19.6 Å². The molecule has 3 aromatic rings. The molecule has 2 aliphatic rings.